The summed E-state index contributed by atoms with van der Waals surface area (Å²) in [6.45, 7) is 4.21. The molecule has 0 unspecified atom stereocenters. The van der Waals surface area contributed by atoms with Crippen LogP contribution in [-0.4, -0.2) is 49.6 Å². The number of rotatable bonds is 5. The van der Waals surface area contributed by atoms with Crippen LogP contribution in [0.4, 0.5) is 0 Å². The van der Waals surface area contributed by atoms with E-state index in [1.807, 2.05) is 36.5 Å². The molecule has 0 saturated carbocycles. The fourth-order valence-corrected chi connectivity index (χ4v) is 4.71. The number of hydrogen-bond donors (Lipinski definition) is 1. The SMILES string of the molecule is NS(=O)(=O)c1cncc(-c2ccc3nccc(-c4ccccc4CN4CCOCC4)c3c2)c1. The van der Waals surface area contributed by atoms with Crippen molar-refractivity contribution in [2.24, 2.45) is 5.14 Å². The summed E-state index contributed by atoms with van der Waals surface area (Å²) in [5.41, 5.74) is 5.88. The van der Waals surface area contributed by atoms with Crippen molar-refractivity contribution in [1.82, 2.24) is 14.9 Å². The molecule has 168 valence electrons. The molecule has 3 heterocycles. The van der Waals surface area contributed by atoms with Gasteiger partial charge in [0, 0.05) is 49.2 Å². The molecule has 0 aliphatic carbocycles. The molecule has 0 amide bonds. The van der Waals surface area contributed by atoms with Crippen LogP contribution < -0.4 is 5.14 Å². The maximum absolute atomic E-state index is 11.8. The topological polar surface area (TPSA) is 98.4 Å². The van der Waals surface area contributed by atoms with E-state index in [9.17, 15) is 8.42 Å². The van der Waals surface area contributed by atoms with E-state index < -0.39 is 10.0 Å². The Balaban J connectivity index is 1.60. The van der Waals surface area contributed by atoms with E-state index >= 15 is 0 Å². The van der Waals surface area contributed by atoms with Crippen LogP contribution in [0.1, 0.15) is 5.56 Å². The summed E-state index contributed by atoms with van der Waals surface area (Å²) in [5.74, 6) is 0. The van der Waals surface area contributed by atoms with Crippen molar-refractivity contribution < 1.29 is 13.2 Å². The monoisotopic (exact) mass is 460 g/mol. The van der Waals surface area contributed by atoms with Gasteiger partial charge in [0.15, 0.2) is 0 Å². The van der Waals surface area contributed by atoms with Gasteiger partial charge >= 0.3 is 0 Å². The summed E-state index contributed by atoms with van der Waals surface area (Å²) in [6, 6.07) is 17.9. The Morgan fingerprint density at radius 3 is 2.58 bits per heavy atom. The van der Waals surface area contributed by atoms with E-state index in [1.165, 1.54) is 11.8 Å². The predicted octanol–water partition coefficient (Wildman–Crippen LogP) is 3.44. The van der Waals surface area contributed by atoms with Gasteiger partial charge in [-0.25, -0.2) is 13.6 Å². The fourth-order valence-electron chi connectivity index (χ4n) is 4.21. The van der Waals surface area contributed by atoms with Gasteiger partial charge in [-0.3, -0.25) is 14.9 Å². The van der Waals surface area contributed by atoms with Crippen molar-refractivity contribution in [2.75, 3.05) is 26.3 Å². The van der Waals surface area contributed by atoms with Crippen LogP contribution >= 0.6 is 0 Å². The van der Waals surface area contributed by atoms with Gasteiger partial charge in [0.2, 0.25) is 10.0 Å². The first-order chi connectivity index (χ1) is 16.0. The molecule has 7 nitrogen and oxygen atoms in total. The number of nitrogens with zero attached hydrogens (tertiary/aromatic N) is 3. The van der Waals surface area contributed by atoms with Crippen LogP contribution in [0.25, 0.3) is 33.2 Å². The van der Waals surface area contributed by atoms with Gasteiger partial charge in [0.05, 0.1) is 18.7 Å². The Morgan fingerprint density at radius 1 is 0.939 bits per heavy atom. The number of hydrogen-bond acceptors (Lipinski definition) is 6. The normalized spacial score (nSPS) is 15.1. The summed E-state index contributed by atoms with van der Waals surface area (Å²) in [5, 5.41) is 6.29. The van der Waals surface area contributed by atoms with Crippen LogP contribution in [0.5, 0.6) is 0 Å². The van der Waals surface area contributed by atoms with Crippen LogP contribution in [0.15, 0.2) is 78.1 Å². The molecule has 1 aliphatic heterocycles. The quantitative estimate of drug-likeness (QED) is 0.490. The minimum Gasteiger partial charge on any atom is -0.379 e. The molecule has 2 aromatic heterocycles. The second-order valence-electron chi connectivity index (χ2n) is 8.09. The number of morpholine rings is 1. The van der Waals surface area contributed by atoms with E-state index in [-0.39, 0.29) is 4.90 Å². The minimum atomic E-state index is -3.84. The van der Waals surface area contributed by atoms with E-state index in [2.05, 4.69) is 33.1 Å². The Bertz CT molecular complexity index is 1420. The first-order valence-corrected chi connectivity index (χ1v) is 12.3. The van der Waals surface area contributed by atoms with E-state index in [1.54, 1.807) is 12.3 Å². The summed E-state index contributed by atoms with van der Waals surface area (Å²) in [6.07, 6.45) is 4.72. The Labute approximate surface area is 192 Å². The molecular formula is C25H24N4O3S. The lowest BCUT2D eigenvalue weighted by Crippen LogP contribution is -2.35. The molecule has 0 atom stereocenters. The van der Waals surface area contributed by atoms with E-state index in [0.29, 0.717) is 5.56 Å². The number of aromatic nitrogens is 2. The van der Waals surface area contributed by atoms with Crippen molar-refractivity contribution in [3.8, 4) is 22.3 Å². The third-order valence-electron chi connectivity index (χ3n) is 5.92. The first-order valence-electron chi connectivity index (χ1n) is 10.7. The van der Waals surface area contributed by atoms with Crippen molar-refractivity contribution >= 4 is 20.9 Å². The maximum Gasteiger partial charge on any atom is 0.239 e. The lowest BCUT2D eigenvalue weighted by molar-refractivity contribution is 0.0342. The molecule has 2 aromatic carbocycles. The van der Waals surface area contributed by atoms with Crippen molar-refractivity contribution in [3.63, 3.8) is 0 Å². The lowest BCUT2D eigenvalue weighted by Gasteiger charge is -2.27. The Kier molecular flexibility index (Phi) is 5.90. The second-order valence-corrected chi connectivity index (χ2v) is 9.65. The van der Waals surface area contributed by atoms with Gasteiger partial charge in [-0.05, 0) is 46.5 Å². The molecule has 8 heteroatoms. The molecule has 5 rings (SSSR count). The number of pyridine rings is 2. The zero-order chi connectivity index (χ0) is 22.8. The molecular weight excluding hydrogens is 436 g/mol. The Hall–Kier alpha value is -3.17. The average Bonchev–Trinajstić information content (AvgIpc) is 2.84. The van der Waals surface area contributed by atoms with Crippen molar-refractivity contribution in [2.45, 2.75) is 11.4 Å². The summed E-state index contributed by atoms with van der Waals surface area (Å²) in [4.78, 5) is 11.0. The molecule has 0 bridgehead atoms. The van der Waals surface area contributed by atoms with Gasteiger partial charge in [0.1, 0.15) is 4.90 Å². The third-order valence-corrected chi connectivity index (χ3v) is 6.80. The number of nitrogens with two attached hydrogens (primary N) is 1. The van der Waals surface area contributed by atoms with Gasteiger partial charge in [-0.15, -0.1) is 0 Å². The van der Waals surface area contributed by atoms with Crippen LogP contribution in [0.2, 0.25) is 0 Å². The molecule has 33 heavy (non-hydrogen) atoms. The second kappa shape index (κ2) is 8.99. The fraction of sp³-hybridized carbons (Fsp3) is 0.200. The van der Waals surface area contributed by atoms with Crippen molar-refractivity contribution in [3.05, 3.63) is 78.8 Å². The average molecular weight is 461 g/mol. The Morgan fingerprint density at radius 2 is 1.76 bits per heavy atom. The highest BCUT2D eigenvalue weighted by atomic mass is 32.2. The highest BCUT2D eigenvalue weighted by Crippen LogP contribution is 2.33. The first kappa shape index (κ1) is 21.7. The molecule has 1 saturated heterocycles. The zero-order valence-electron chi connectivity index (χ0n) is 18.0. The van der Waals surface area contributed by atoms with Gasteiger partial charge in [-0.1, -0.05) is 30.3 Å². The highest BCUT2D eigenvalue weighted by Gasteiger charge is 2.16. The van der Waals surface area contributed by atoms with Crippen LogP contribution in [-0.2, 0) is 21.3 Å². The van der Waals surface area contributed by atoms with Crippen molar-refractivity contribution in [1.29, 1.82) is 0 Å². The predicted molar refractivity (Wildman–Crippen MR) is 128 cm³/mol. The zero-order valence-corrected chi connectivity index (χ0v) is 18.8. The van der Waals surface area contributed by atoms with Gasteiger partial charge < -0.3 is 4.74 Å². The number of primary sulfonamides is 1. The number of ether oxygens (including phenoxy) is 1. The van der Waals surface area contributed by atoms with E-state index in [0.717, 1.165) is 60.4 Å². The minimum absolute atomic E-state index is 0.0117. The maximum atomic E-state index is 11.8. The number of fused-ring (bicyclic) bond motifs is 1. The molecule has 1 aliphatic rings. The smallest absolute Gasteiger partial charge is 0.239 e. The molecule has 0 spiro atoms. The third kappa shape index (κ3) is 4.65. The highest BCUT2D eigenvalue weighted by molar-refractivity contribution is 7.89. The van der Waals surface area contributed by atoms with Crippen LogP contribution in [0.3, 0.4) is 0 Å². The van der Waals surface area contributed by atoms with E-state index in [4.69, 9.17) is 9.88 Å². The number of sulfonamides is 1. The lowest BCUT2D eigenvalue weighted by atomic mass is 9.94. The summed E-state index contributed by atoms with van der Waals surface area (Å²) < 4.78 is 29.1. The van der Waals surface area contributed by atoms with Gasteiger partial charge in [-0.2, -0.15) is 0 Å². The number of benzene rings is 2. The standard InChI is InChI=1S/C25H24N4O3S/c26-33(30,31)21-13-20(15-27-16-21)18-5-6-25-24(14-18)23(7-8-28-25)22-4-2-1-3-19(22)17-29-9-11-32-12-10-29/h1-8,13-16H,9-12,17H2,(H2,26,30,31). The molecule has 0 radical (unpaired) electrons. The largest absolute Gasteiger partial charge is 0.379 e. The van der Waals surface area contributed by atoms with Crippen LogP contribution in [0, 0.1) is 0 Å². The molecule has 1 fully saturated rings. The summed E-state index contributed by atoms with van der Waals surface area (Å²) >= 11 is 0. The molecule has 4 aromatic rings. The molecule has 2 N–H and O–H groups in total. The summed E-state index contributed by atoms with van der Waals surface area (Å²) in [7, 11) is -3.84. The van der Waals surface area contributed by atoms with Gasteiger partial charge in [0.25, 0.3) is 0 Å².